The first-order valence-corrected chi connectivity index (χ1v) is 25.0. The van der Waals surface area contributed by atoms with Crippen LogP contribution in [0.4, 0.5) is 0 Å². The van der Waals surface area contributed by atoms with Gasteiger partial charge in [-0.3, -0.25) is 52.7 Å². The van der Waals surface area contributed by atoms with Crippen LogP contribution < -0.4 is 42.4 Å². The minimum atomic E-state index is -1.84. The van der Waals surface area contributed by atoms with Gasteiger partial charge in [-0.2, -0.15) is 0 Å². The monoisotopic (exact) mass is 1100 g/mol. The maximum absolute atomic E-state index is 14.6. The molecule has 6 atom stereocenters. The molecule has 0 aromatic heterocycles. The third-order valence-electron chi connectivity index (χ3n) is 11.8. The molecule has 0 saturated carbocycles. The summed E-state index contributed by atoms with van der Waals surface area (Å²) in [7, 11) is 0. The van der Waals surface area contributed by atoms with Crippen molar-refractivity contribution in [3.8, 4) is 5.75 Å². The van der Waals surface area contributed by atoms with Crippen LogP contribution in [0.15, 0.2) is 66.7 Å². The molecule has 0 aliphatic rings. The van der Waals surface area contributed by atoms with Gasteiger partial charge in [-0.25, -0.2) is 0 Å². The third-order valence-corrected chi connectivity index (χ3v) is 12.5. The van der Waals surface area contributed by atoms with Crippen molar-refractivity contribution in [1.29, 1.82) is 0 Å². The second-order valence-electron chi connectivity index (χ2n) is 18.9. The van der Waals surface area contributed by atoms with Crippen molar-refractivity contribution in [3.05, 3.63) is 99.0 Å². The largest absolute Gasteiger partial charge is 0.489 e. The van der Waals surface area contributed by atoms with Gasteiger partial charge in [-0.05, 0) is 66.1 Å². The summed E-state index contributed by atoms with van der Waals surface area (Å²) in [6, 6.07) is 8.81. The highest BCUT2D eigenvalue weighted by Gasteiger charge is 2.39. The Morgan fingerprint density at radius 1 is 0.592 bits per heavy atom. The Labute approximate surface area is 448 Å². The number of hydrogen-bond acceptors (Lipinski definition) is 12. The van der Waals surface area contributed by atoms with Gasteiger partial charge in [0.25, 0.3) is 5.91 Å². The molecule has 3 aromatic rings. The normalized spacial score (nSPS) is 13.5. The van der Waals surface area contributed by atoms with Gasteiger partial charge in [-0.1, -0.05) is 106 Å². The van der Waals surface area contributed by atoms with E-state index in [4.69, 9.17) is 38.8 Å². The van der Waals surface area contributed by atoms with Crippen LogP contribution in [0.3, 0.4) is 0 Å². The maximum atomic E-state index is 14.6. The lowest BCUT2D eigenvalue weighted by atomic mass is 9.85. The number of ether oxygens (including phenoxy) is 1. The molecule has 0 spiro atoms. The van der Waals surface area contributed by atoms with Gasteiger partial charge in [0.2, 0.25) is 41.2 Å². The van der Waals surface area contributed by atoms with Crippen LogP contribution in [0.5, 0.6) is 5.75 Å². The van der Waals surface area contributed by atoms with Crippen molar-refractivity contribution in [2.45, 2.75) is 142 Å². The van der Waals surface area contributed by atoms with Crippen molar-refractivity contribution >= 4 is 88.2 Å². The quantitative estimate of drug-likeness (QED) is 0.0414. The van der Waals surface area contributed by atoms with E-state index in [2.05, 4.69) is 31.9 Å². The minimum Gasteiger partial charge on any atom is -0.489 e. The number of hydrogen-bond donors (Lipinski definition) is 10. The first-order valence-electron chi connectivity index (χ1n) is 24.2. The van der Waals surface area contributed by atoms with Gasteiger partial charge < -0.3 is 57.7 Å². The van der Waals surface area contributed by atoms with E-state index >= 15 is 0 Å². The number of carbonyl (C=O) groups excluding carboxylic acids is 8. The Kier molecular flexibility index (Phi) is 24.8. The molecule has 412 valence electrons. The topological polar surface area (TPSA) is 356 Å². The molecule has 7 amide bonds. The molecule has 0 unspecified atom stereocenters. The number of aliphatic carboxylic acids is 3. The number of nitrogens with one attached hydrogen (secondary N) is 6. The molecule has 76 heavy (non-hydrogen) atoms. The molecule has 3 rings (SSSR count). The van der Waals surface area contributed by atoms with Crippen LogP contribution in [0.1, 0.15) is 101 Å². The van der Waals surface area contributed by atoms with Gasteiger partial charge in [-0.15, -0.1) is 0 Å². The third kappa shape index (κ3) is 21.0. The molecule has 0 saturated heterocycles. The number of aryl methyl sites for hydroxylation is 1. The fourth-order valence-electron chi connectivity index (χ4n) is 7.51. The van der Waals surface area contributed by atoms with Gasteiger partial charge in [0.15, 0.2) is 0 Å². The lowest BCUT2D eigenvalue weighted by Gasteiger charge is -2.33. The molecule has 0 fully saturated rings. The predicted octanol–water partition coefficient (Wildman–Crippen LogP) is 3.07. The Balaban J connectivity index is 2.01. The molecule has 3 aromatic carbocycles. The molecule has 0 radical (unpaired) electrons. The van der Waals surface area contributed by atoms with E-state index in [0.717, 1.165) is 0 Å². The van der Waals surface area contributed by atoms with Crippen LogP contribution in [0, 0.1) is 12.3 Å². The van der Waals surface area contributed by atoms with Gasteiger partial charge in [0.1, 0.15) is 42.6 Å². The number of carboxylic acid groups (broad SMARTS) is 3. The zero-order valence-corrected chi connectivity index (χ0v) is 44.2. The summed E-state index contributed by atoms with van der Waals surface area (Å²) in [5.41, 5.74) is 6.46. The van der Waals surface area contributed by atoms with Crippen LogP contribution in [0.25, 0.3) is 0 Å². The minimum absolute atomic E-state index is 0.0258. The van der Waals surface area contributed by atoms with E-state index in [0.29, 0.717) is 50.9 Å². The number of nitrogens with two attached hydrogens (primary N) is 1. The lowest BCUT2D eigenvalue weighted by Crippen LogP contribution is -2.62. The smallest absolute Gasteiger partial charge is 0.305 e. The fraction of sp³-hybridized carbons (Fsp3) is 0.442. The number of primary amides is 1. The average molecular weight is 1100 g/mol. The van der Waals surface area contributed by atoms with E-state index in [1.54, 1.807) is 94.4 Å². The molecule has 22 nitrogen and oxygen atoms in total. The SMILES string of the molecule is CCCC[C@H](NC(=O)[C@H](Cc1ccc(OCc2c(Cl)cccc2Cl)cc1)NC(=O)[C@@H](NC(=O)[C@H](Cc1ccccc1C)NC(=O)[C@H](CCC(=O)O)NC(=O)[C@H](CC(=O)O)NC(=O)CCC(=O)O)C(C)(C)C)C(=O)C(N)=O. The van der Waals surface area contributed by atoms with Gasteiger partial charge in [0, 0.05) is 41.3 Å². The van der Waals surface area contributed by atoms with Gasteiger partial charge in [0.05, 0.1) is 18.9 Å². The molecular weight excluding hydrogens is 1030 g/mol. The van der Waals surface area contributed by atoms with Crippen LogP contribution in [0.2, 0.25) is 10.0 Å². The number of benzene rings is 3. The van der Waals surface area contributed by atoms with Crippen molar-refractivity contribution in [1.82, 2.24) is 31.9 Å². The number of Topliss-reactive ketones (excluding diaryl/α,β-unsaturated/α-hetero) is 1. The number of halogens is 2. The molecule has 0 bridgehead atoms. The molecule has 24 heteroatoms. The number of carboxylic acids is 3. The highest BCUT2D eigenvalue weighted by atomic mass is 35.5. The standard InChI is InChI=1S/C52H65Cl2N7O15/c1-6-7-15-35(44(69)46(55)70)57-48(72)37(24-29-16-18-31(19-17-29)76-27-32-33(53)13-10-14-34(32)54)60-51(75)45(52(3,4)5)61-50(74)38(25-30-12-9-8-11-28(30)2)59-47(71)36(20-22-41(63)64)58-49(73)39(26-43(67)68)56-40(62)21-23-42(65)66/h8-14,16-19,35-39,45H,6-7,15,20-27H2,1-5H3,(H2,55,70)(H,56,62)(H,57,72)(H,58,73)(H,59,71)(H,60,75)(H,61,74)(H,63,64)(H,65,66)(H,67,68)/t35-,36-,37-,38-,39-,45+/m0/s1. The first kappa shape index (κ1) is 62.7. The lowest BCUT2D eigenvalue weighted by molar-refractivity contribution is -0.142. The maximum Gasteiger partial charge on any atom is 0.305 e. The fourth-order valence-corrected chi connectivity index (χ4v) is 8.01. The van der Waals surface area contributed by atoms with E-state index < -0.39 is 139 Å². The second kappa shape index (κ2) is 30.1. The highest BCUT2D eigenvalue weighted by Crippen LogP contribution is 2.27. The number of carbonyl (C=O) groups is 11. The Bertz CT molecular complexity index is 2590. The summed E-state index contributed by atoms with van der Waals surface area (Å²) in [4.78, 5) is 143. The summed E-state index contributed by atoms with van der Waals surface area (Å²) in [5, 5.41) is 43.6. The van der Waals surface area contributed by atoms with E-state index in [-0.39, 0.29) is 25.9 Å². The molecule has 11 N–H and O–H groups in total. The van der Waals surface area contributed by atoms with Crippen molar-refractivity contribution in [2.24, 2.45) is 11.1 Å². The van der Waals surface area contributed by atoms with Crippen molar-refractivity contribution < 1.29 is 72.8 Å². The Morgan fingerprint density at radius 2 is 1.13 bits per heavy atom. The van der Waals surface area contributed by atoms with Crippen LogP contribution >= 0.6 is 23.2 Å². The van der Waals surface area contributed by atoms with E-state index in [1.165, 1.54) is 0 Å². The predicted molar refractivity (Wildman–Crippen MR) is 277 cm³/mol. The van der Waals surface area contributed by atoms with Crippen molar-refractivity contribution in [2.75, 3.05) is 0 Å². The second-order valence-corrected chi connectivity index (χ2v) is 19.7. The summed E-state index contributed by atoms with van der Waals surface area (Å²) in [5.74, 6) is -12.3. The number of ketones is 1. The Morgan fingerprint density at radius 3 is 1.70 bits per heavy atom. The summed E-state index contributed by atoms with van der Waals surface area (Å²) >= 11 is 12.6. The summed E-state index contributed by atoms with van der Waals surface area (Å²) in [6.45, 7) is 8.40. The number of rotatable bonds is 31. The van der Waals surface area contributed by atoms with E-state index in [9.17, 15) is 63.0 Å². The average Bonchev–Trinajstić information content (AvgIpc) is 3.34. The van der Waals surface area contributed by atoms with E-state index in [1.807, 2.05) is 6.92 Å². The highest BCUT2D eigenvalue weighted by molar-refractivity contribution is 6.38. The zero-order valence-electron chi connectivity index (χ0n) is 42.7. The zero-order chi connectivity index (χ0) is 56.9. The molecule has 0 aliphatic carbocycles. The van der Waals surface area contributed by atoms with Gasteiger partial charge >= 0.3 is 17.9 Å². The van der Waals surface area contributed by atoms with Crippen LogP contribution in [-0.2, 0) is 72.2 Å². The summed E-state index contributed by atoms with van der Waals surface area (Å²) < 4.78 is 5.90. The Hall–Kier alpha value is -7.59. The van der Waals surface area contributed by atoms with Crippen LogP contribution in [-0.4, -0.2) is 117 Å². The first-order chi connectivity index (χ1) is 35.7. The molecular formula is C52H65Cl2N7O15. The molecule has 0 aliphatic heterocycles. The number of unbranched alkanes of at least 4 members (excludes halogenated alkanes) is 1. The molecule has 0 heterocycles. The van der Waals surface area contributed by atoms with Crippen molar-refractivity contribution in [3.63, 3.8) is 0 Å². The number of amides is 7. The summed E-state index contributed by atoms with van der Waals surface area (Å²) in [6.07, 6.45) is -2.94.